The Balaban J connectivity index is 1.52. The second-order valence-electron chi connectivity index (χ2n) is 7.34. The average molecular weight is 476 g/mol. The van der Waals surface area contributed by atoms with Gasteiger partial charge in [-0.2, -0.15) is 18.3 Å². The third-order valence-corrected chi connectivity index (χ3v) is 5.26. The van der Waals surface area contributed by atoms with E-state index in [2.05, 4.69) is 20.6 Å². The maximum absolute atomic E-state index is 13.5. The molecule has 0 aliphatic rings. The van der Waals surface area contributed by atoms with Gasteiger partial charge < -0.3 is 9.84 Å². The first kappa shape index (κ1) is 22.5. The SMILES string of the molecule is Cc1ccc([C@H](C)n2cc(NC(=O)c3cc(-c4ncccc4Cl)on3)cn2)c(C(F)(F)F)c1. The molecule has 170 valence electrons. The summed E-state index contributed by atoms with van der Waals surface area (Å²) in [5.74, 6) is -0.371. The summed E-state index contributed by atoms with van der Waals surface area (Å²) in [6.45, 7) is 3.20. The van der Waals surface area contributed by atoms with Crippen molar-refractivity contribution in [2.24, 2.45) is 0 Å². The predicted octanol–water partition coefficient (Wildman–Crippen LogP) is 5.78. The Morgan fingerprint density at radius 1 is 1.24 bits per heavy atom. The Morgan fingerprint density at radius 3 is 2.76 bits per heavy atom. The van der Waals surface area contributed by atoms with Crippen molar-refractivity contribution in [2.75, 3.05) is 5.32 Å². The zero-order chi connectivity index (χ0) is 23.8. The molecular weight excluding hydrogens is 459 g/mol. The molecule has 0 aliphatic carbocycles. The molecule has 4 rings (SSSR count). The molecule has 0 bridgehead atoms. The van der Waals surface area contributed by atoms with Gasteiger partial charge in [-0.05, 0) is 37.6 Å². The predicted molar refractivity (Wildman–Crippen MR) is 115 cm³/mol. The van der Waals surface area contributed by atoms with Crippen molar-refractivity contribution in [2.45, 2.75) is 26.1 Å². The van der Waals surface area contributed by atoms with Gasteiger partial charge in [0, 0.05) is 18.5 Å². The summed E-state index contributed by atoms with van der Waals surface area (Å²) in [7, 11) is 0. The second-order valence-corrected chi connectivity index (χ2v) is 7.75. The Bertz CT molecular complexity index is 1320. The number of aryl methyl sites for hydroxylation is 1. The lowest BCUT2D eigenvalue weighted by Gasteiger charge is -2.19. The average Bonchev–Trinajstić information content (AvgIpc) is 3.43. The molecular formula is C22H17ClF3N5O2. The molecule has 1 N–H and O–H groups in total. The van der Waals surface area contributed by atoms with E-state index in [4.69, 9.17) is 16.1 Å². The molecule has 4 aromatic rings. The quantitative estimate of drug-likeness (QED) is 0.395. The highest BCUT2D eigenvalue weighted by Crippen LogP contribution is 2.36. The van der Waals surface area contributed by atoms with Gasteiger partial charge in [-0.15, -0.1) is 0 Å². The summed E-state index contributed by atoms with van der Waals surface area (Å²) in [4.78, 5) is 16.6. The Morgan fingerprint density at radius 2 is 2.03 bits per heavy atom. The number of alkyl halides is 3. The number of aromatic nitrogens is 4. The number of anilines is 1. The van der Waals surface area contributed by atoms with Crippen molar-refractivity contribution >= 4 is 23.2 Å². The van der Waals surface area contributed by atoms with Crippen molar-refractivity contribution < 1.29 is 22.5 Å². The van der Waals surface area contributed by atoms with E-state index in [0.29, 0.717) is 16.3 Å². The lowest BCUT2D eigenvalue weighted by Crippen LogP contribution is -2.16. The van der Waals surface area contributed by atoms with Gasteiger partial charge in [0.05, 0.1) is 28.5 Å². The largest absolute Gasteiger partial charge is 0.416 e. The van der Waals surface area contributed by atoms with Gasteiger partial charge in [0.1, 0.15) is 5.69 Å². The fourth-order valence-electron chi connectivity index (χ4n) is 3.29. The molecule has 3 aromatic heterocycles. The van der Waals surface area contributed by atoms with E-state index in [-0.39, 0.29) is 22.7 Å². The van der Waals surface area contributed by atoms with Crippen LogP contribution in [0, 0.1) is 6.92 Å². The lowest BCUT2D eigenvalue weighted by molar-refractivity contribution is -0.138. The van der Waals surface area contributed by atoms with Gasteiger partial charge in [-0.25, -0.2) is 0 Å². The number of pyridine rings is 1. The molecule has 11 heteroatoms. The van der Waals surface area contributed by atoms with Crippen LogP contribution in [0.3, 0.4) is 0 Å². The zero-order valence-electron chi connectivity index (χ0n) is 17.4. The fraction of sp³-hybridized carbons (Fsp3) is 0.182. The molecule has 0 spiro atoms. The number of amides is 1. The van der Waals surface area contributed by atoms with Gasteiger partial charge in [0.2, 0.25) is 0 Å². The summed E-state index contributed by atoms with van der Waals surface area (Å²) in [6, 6.07) is 8.10. The van der Waals surface area contributed by atoms with E-state index >= 15 is 0 Å². The van der Waals surface area contributed by atoms with E-state index in [9.17, 15) is 18.0 Å². The van der Waals surface area contributed by atoms with Crippen LogP contribution in [0.4, 0.5) is 18.9 Å². The fourth-order valence-corrected chi connectivity index (χ4v) is 3.51. The van der Waals surface area contributed by atoms with Crippen molar-refractivity contribution in [3.05, 3.63) is 82.4 Å². The van der Waals surface area contributed by atoms with Crippen LogP contribution in [0.2, 0.25) is 5.02 Å². The highest BCUT2D eigenvalue weighted by Gasteiger charge is 2.35. The third kappa shape index (κ3) is 4.75. The first-order chi connectivity index (χ1) is 15.6. The van der Waals surface area contributed by atoms with E-state index in [1.54, 1.807) is 32.0 Å². The minimum Gasteiger partial charge on any atom is -0.354 e. The van der Waals surface area contributed by atoms with Crippen LogP contribution in [0.25, 0.3) is 11.5 Å². The lowest BCUT2D eigenvalue weighted by atomic mass is 9.99. The normalized spacial score (nSPS) is 12.5. The molecule has 3 heterocycles. The molecule has 1 amide bonds. The smallest absolute Gasteiger partial charge is 0.354 e. The maximum Gasteiger partial charge on any atom is 0.416 e. The van der Waals surface area contributed by atoms with Crippen LogP contribution in [-0.4, -0.2) is 25.8 Å². The monoisotopic (exact) mass is 475 g/mol. The summed E-state index contributed by atoms with van der Waals surface area (Å²) in [6.07, 6.45) is -0.191. The summed E-state index contributed by atoms with van der Waals surface area (Å²) < 4.78 is 47.0. The molecule has 0 saturated carbocycles. The Labute approximate surface area is 191 Å². The third-order valence-electron chi connectivity index (χ3n) is 4.96. The first-order valence-electron chi connectivity index (χ1n) is 9.74. The van der Waals surface area contributed by atoms with Gasteiger partial charge in [0.15, 0.2) is 11.5 Å². The Hall–Kier alpha value is -3.66. The van der Waals surface area contributed by atoms with E-state index < -0.39 is 23.7 Å². The van der Waals surface area contributed by atoms with E-state index in [1.165, 1.54) is 35.4 Å². The van der Waals surface area contributed by atoms with E-state index in [0.717, 1.165) is 6.07 Å². The minimum absolute atomic E-state index is 0.0228. The van der Waals surface area contributed by atoms with Crippen LogP contribution >= 0.6 is 11.6 Å². The minimum atomic E-state index is -4.50. The molecule has 0 unspecified atom stereocenters. The summed E-state index contributed by atoms with van der Waals surface area (Å²) in [5, 5.41) is 10.8. The molecule has 33 heavy (non-hydrogen) atoms. The molecule has 0 fully saturated rings. The van der Waals surface area contributed by atoms with Gasteiger partial charge in [-0.1, -0.05) is 34.5 Å². The van der Waals surface area contributed by atoms with Crippen LogP contribution in [0.15, 0.2) is 59.5 Å². The van der Waals surface area contributed by atoms with Crippen LogP contribution in [0.5, 0.6) is 0 Å². The number of carbonyl (C=O) groups is 1. The molecule has 1 atom stereocenters. The summed E-state index contributed by atoms with van der Waals surface area (Å²) >= 11 is 6.08. The number of hydrogen-bond acceptors (Lipinski definition) is 5. The summed E-state index contributed by atoms with van der Waals surface area (Å²) in [5.41, 5.74) is 0.455. The number of hydrogen-bond donors (Lipinski definition) is 1. The van der Waals surface area contributed by atoms with Crippen molar-refractivity contribution in [3.8, 4) is 11.5 Å². The molecule has 0 radical (unpaired) electrons. The number of benzene rings is 1. The van der Waals surface area contributed by atoms with Gasteiger partial charge in [0.25, 0.3) is 5.91 Å². The van der Waals surface area contributed by atoms with Gasteiger partial charge in [-0.3, -0.25) is 14.5 Å². The molecule has 7 nitrogen and oxygen atoms in total. The number of nitrogens with one attached hydrogen (secondary N) is 1. The topological polar surface area (TPSA) is 85.8 Å². The highest BCUT2D eigenvalue weighted by molar-refractivity contribution is 6.32. The van der Waals surface area contributed by atoms with Crippen LogP contribution < -0.4 is 5.32 Å². The zero-order valence-corrected chi connectivity index (χ0v) is 18.1. The van der Waals surface area contributed by atoms with Crippen molar-refractivity contribution in [3.63, 3.8) is 0 Å². The van der Waals surface area contributed by atoms with Gasteiger partial charge >= 0.3 is 6.18 Å². The standard InChI is InChI=1S/C22H17ClF3N5O2/c1-12-5-6-15(16(8-12)22(24,25)26)13(2)31-11-14(10-28-31)29-21(32)18-9-19(33-30-18)20-17(23)4-3-7-27-20/h3-11,13H,1-2H3,(H,29,32)/t13-/m0/s1. The van der Waals surface area contributed by atoms with Crippen molar-refractivity contribution in [1.82, 2.24) is 19.9 Å². The number of carbonyl (C=O) groups excluding carboxylic acids is 1. The Kier molecular flexibility index (Phi) is 5.94. The highest BCUT2D eigenvalue weighted by atomic mass is 35.5. The second kappa shape index (κ2) is 8.70. The van der Waals surface area contributed by atoms with E-state index in [1.807, 2.05) is 0 Å². The number of rotatable bonds is 5. The first-order valence-corrected chi connectivity index (χ1v) is 10.1. The van der Waals surface area contributed by atoms with Crippen molar-refractivity contribution in [1.29, 1.82) is 0 Å². The molecule has 0 saturated heterocycles. The maximum atomic E-state index is 13.5. The van der Waals surface area contributed by atoms with Crippen LogP contribution in [-0.2, 0) is 6.18 Å². The number of halogens is 4. The molecule has 0 aliphatic heterocycles. The molecule has 1 aromatic carbocycles. The van der Waals surface area contributed by atoms with Crippen LogP contribution in [0.1, 0.15) is 40.1 Å². The number of nitrogens with zero attached hydrogens (tertiary/aromatic N) is 4.